The standard InChI is InChI=1S/C17H20ClN8O3S/c18-17-21-2-1-11(25-17)20-3-4-30-6-10-14(28)13(27)9(29-10)5-26-8-24-12-15(19)22-7-23-16(12)26/h1-2,5,7-10,13-14,27-28H,3-4,6H2,(H2,19,22,23)(H,20,21,25)/q+1. The molecule has 0 aliphatic carbocycles. The smallest absolute Gasteiger partial charge is 0.315 e. The molecule has 158 valence electrons. The number of nitrogens with two attached hydrogens (primary N) is 1. The van der Waals surface area contributed by atoms with Gasteiger partial charge in [-0.15, -0.1) is 0 Å². The molecule has 4 rings (SSSR count). The molecule has 0 bridgehead atoms. The highest BCUT2D eigenvalue weighted by molar-refractivity contribution is 7.99. The quantitative estimate of drug-likeness (QED) is 0.261. The Morgan fingerprint density at radius 1 is 1.30 bits per heavy atom. The van der Waals surface area contributed by atoms with Gasteiger partial charge in [0.15, 0.2) is 12.1 Å². The maximum atomic E-state index is 10.4. The molecule has 2 aromatic rings. The van der Waals surface area contributed by atoms with E-state index in [1.807, 2.05) is 0 Å². The van der Waals surface area contributed by atoms with Gasteiger partial charge in [0.1, 0.15) is 24.1 Å². The lowest BCUT2D eigenvalue weighted by Crippen LogP contribution is -2.34. The summed E-state index contributed by atoms with van der Waals surface area (Å²) in [5.41, 5.74) is 6.25. The summed E-state index contributed by atoms with van der Waals surface area (Å²) < 4.78 is 7.47. The largest absolute Gasteiger partial charge is 0.388 e. The number of halogens is 1. The van der Waals surface area contributed by atoms with E-state index in [0.29, 0.717) is 29.6 Å². The van der Waals surface area contributed by atoms with Crippen LogP contribution >= 0.6 is 23.4 Å². The monoisotopic (exact) mass is 451 g/mol. The van der Waals surface area contributed by atoms with Crippen molar-refractivity contribution in [2.45, 2.75) is 24.4 Å². The number of nitrogen functional groups attached to an aromatic ring is 1. The molecule has 2 aliphatic rings. The van der Waals surface area contributed by atoms with Crippen LogP contribution in [0.2, 0.25) is 5.28 Å². The van der Waals surface area contributed by atoms with E-state index in [1.54, 1.807) is 34.8 Å². The van der Waals surface area contributed by atoms with Crippen LogP contribution < -0.4 is 11.1 Å². The fraction of sp³-hybridized carbons (Fsp3) is 0.412. The number of rotatable bonds is 7. The van der Waals surface area contributed by atoms with E-state index in [9.17, 15) is 10.2 Å². The maximum Gasteiger partial charge on any atom is 0.315 e. The molecule has 5 N–H and O–H groups in total. The van der Waals surface area contributed by atoms with Gasteiger partial charge in [-0.1, -0.05) is 9.98 Å². The predicted octanol–water partition coefficient (Wildman–Crippen LogP) is 0.225. The van der Waals surface area contributed by atoms with Gasteiger partial charge >= 0.3 is 5.82 Å². The van der Waals surface area contributed by atoms with Crippen LogP contribution in [-0.2, 0) is 4.74 Å². The number of fused-ring (bicyclic) bond motifs is 1. The number of hydrogen-bond acceptors (Lipinski definition) is 11. The molecule has 0 saturated carbocycles. The molecule has 2 aliphatic heterocycles. The van der Waals surface area contributed by atoms with Gasteiger partial charge in [-0.25, -0.2) is 14.5 Å². The first-order valence-corrected chi connectivity index (χ1v) is 10.7. The Morgan fingerprint density at radius 2 is 2.17 bits per heavy atom. The third-order valence-corrected chi connectivity index (χ3v) is 5.79. The minimum atomic E-state index is -1.06. The molecule has 2 aromatic heterocycles. The molecular weight excluding hydrogens is 432 g/mol. The average molecular weight is 452 g/mol. The van der Waals surface area contributed by atoms with Crippen LogP contribution in [0.15, 0.2) is 23.6 Å². The number of anilines is 2. The normalized spacial score (nSPS) is 26.3. The number of ether oxygens (including phenoxy) is 1. The lowest BCUT2D eigenvalue weighted by Gasteiger charge is -2.14. The summed E-state index contributed by atoms with van der Waals surface area (Å²) in [6.45, 7) is 0.654. The second kappa shape index (κ2) is 9.18. The van der Waals surface area contributed by atoms with E-state index >= 15 is 0 Å². The number of hydrogen-bond donors (Lipinski definition) is 4. The summed E-state index contributed by atoms with van der Waals surface area (Å²) in [4.78, 5) is 20.1. The number of nitrogens with one attached hydrogen (secondary N) is 1. The highest BCUT2D eigenvalue weighted by atomic mass is 35.5. The highest BCUT2D eigenvalue weighted by Crippen LogP contribution is 2.33. The fourth-order valence-electron chi connectivity index (χ4n) is 3.06. The van der Waals surface area contributed by atoms with Crippen LogP contribution in [0.3, 0.4) is 0 Å². The molecule has 11 nitrogen and oxygen atoms in total. The van der Waals surface area contributed by atoms with Crippen LogP contribution in [0.5, 0.6) is 0 Å². The van der Waals surface area contributed by atoms with E-state index in [1.165, 1.54) is 12.7 Å². The Morgan fingerprint density at radius 3 is 3.00 bits per heavy atom. The van der Waals surface area contributed by atoms with Crippen molar-refractivity contribution >= 4 is 59.1 Å². The Balaban J connectivity index is 1.29. The van der Waals surface area contributed by atoms with Crippen molar-refractivity contribution in [1.82, 2.24) is 19.9 Å². The molecule has 0 aromatic carbocycles. The van der Waals surface area contributed by atoms with Gasteiger partial charge in [-0.05, 0) is 17.7 Å². The summed E-state index contributed by atoms with van der Waals surface area (Å²) in [6.07, 6.45) is 2.79. The predicted molar refractivity (Wildman–Crippen MR) is 114 cm³/mol. The van der Waals surface area contributed by atoms with E-state index in [0.717, 1.165) is 5.75 Å². The number of thioether (sulfide) groups is 1. The molecule has 0 amide bonds. The van der Waals surface area contributed by atoms with E-state index in [2.05, 4.69) is 30.2 Å². The average Bonchev–Trinajstić information content (AvgIpc) is 3.26. The van der Waals surface area contributed by atoms with Gasteiger partial charge in [0.2, 0.25) is 11.6 Å². The van der Waals surface area contributed by atoms with Gasteiger partial charge in [0.25, 0.3) is 5.69 Å². The van der Waals surface area contributed by atoms with Crippen LogP contribution in [0, 0.1) is 0 Å². The molecule has 13 heteroatoms. The third kappa shape index (κ3) is 4.52. The Kier molecular flexibility index (Phi) is 6.39. The minimum Gasteiger partial charge on any atom is -0.388 e. The molecule has 0 spiro atoms. The second-order valence-corrected chi connectivity index (χ2v) is 8.05. The van der Waals surface area contributed by atoms with Gasteiger partial charge in [0, 0.05) is 24.2 Å². The van der Waals surface area contributed by atoms with Crippen molar-refractivity contribution in [2.75, 3.05) is 29.1 Å². The SMILES string of the molecule is Nc1ncnc2c1N=C[N+]2=CC1OC(CSCCNc2ccnc(Cl)n2)C(O)C1O. The number of aliphatic hydroxyl groups excluding tert-OH is 2. The first-order valence-electron chi connectivity index (χ1n) is 9.12. The van der Waals surface area contributed by atoms with Gasteiger partial charge in [-0.3, -0.25) is 0 Å². The van der Waals surface area contributed by atoms with Gasteiger partial charge < -0.3 is 26.0 Å². The number of aliphatic imine (C=N–C) groups is 1. The van der Waals surface area contributed by atoms with Crippen molar-refractivity contribution in [2.24, 2.45) is 4.99 Å². The van der Waals surface area contributed by atoms with Crippen LogP contribution in [0.4, 0.5) is 23.1 Å². The topological polar surface area (TPSA) is 155 Å². The number of aromatic nitrogens is 4. The lowest BCUT2D eigenvalue weighted by molar-refractivity contribution is -0.294. The third-order valence-electron chi connectivity index (χ3n) is 4.55. The zero-order chi connectivity index (χ0) is 21.1. The fourth-order valence-corrected chi connectivity index (χ4v) is 4.13. The zero-order valence-corrected chi connectivity index (χ0v) is 17.2. The van der Waals surface area contributed by atoms with Crippen molar-refractivity contribution < 1.29 is 19.5 Å². The molecule has 4 heterocycles. The zero-order valence-electron chi connectivity index (χ0n) is 15.7. The van der Waals surface area contributed by atoms with Crippen molar-refractivity contribution in [3.63, 3.8) is 0 Å². The van der Waals surface area contributed by atoms with Crippen molar-refractivity contribution in [1.29, 1.82) is 0 Å². The summed E-state index contributed by atoms with van der Waals surface area (Å²) >= 11 is 7.34. The van der Waals surface area contributed by atoms with Gasteiger partial charge in [-0.2, -0.15) is 16.7 Å². The van der Waals surface area contributed by atoms with E-state index in [4.69, 9.17) is 22.1 Å². The molecule has 4 unspecified atom stereocenters. The molecule has 4 atom stereocenters. The Hall–Kier alpha value is -2.38. The Labute approximate surface area is 181 Å². The second-order valence-electron chi connectivity index (χ2n) is 6.56. The van der Waals surface area contributed by atoms with Crippen molar-refractivity contribution in [3.05, 3.63) is 23.9 Å². The number of aliphatic hydroxyl groups is 2. The summed E-state index contributed by atoms with van der Waals surface area (Å²) in [7, 11) is 0. The molecular formula is C17H20ClN8O3S+. The van der Waals surface area contributed by atoms with Crippen molar-refractivity contribution in [3.8, 4) is 0 Å². The minimum absolute atomic E-state index is 0.186. The number of nitrogens with zero attached hydrogens (tertiary/aromatic N) is 6. The van der Waals surface area contributed by atoms with E-state index in [-0.39, 0.29) is 11.1 Å². The van der Waals surface area contributed by atoms with Crippen LogP contribution in [0.1, 0.15) is 0 Å². The Bertz CT molecular complexity index is 978. The molecule has 1 fully saturated rings. The summed E-state index contributed by atoms with van der Waals surface area (Å²) in [5, 5.41) is 24.1. The van der Waals surface area contributed by atoms with Gasteiger partial charge in [0.05, 0.1) is 12.3 Å². The highest BCUT2D eigenvalue weighted by Gasteiger charge is 2.43. The molecule has 30 heavy (non-hydrogen) atoms. The van der Waals surface area contributed by atoms with E-state index < -0.39 is 24.4 Å². The summed E-state index contributed by atoms with van der Waals surface area (Å²) in [6, 6.07) is 1.73. The summed E-state index contributed by atoms with van der Waals surface area (Å²) in [5.74, 6) is 2.69. The first-order chi connectivity index (χ1) is 14.5. The lowest BCUT2D eigenvalue weighted by atomic mass is 10.1. The first kappa shape index (κ1) is 20.9. The van der Waals surface area contributed by atoms with Crippen LogP contribution in [-0.4, -0.2) is 89.7 Å². The molecule has 0 radical (unpaired) electrons. The molecule has 1 saturated heterocycles. The maximum absolute atomic E-state index is 10.4. The van der Waals surface area contributed by atoms with Crippen LogP contribution in [0.25, 0.3) is 0 Å².